The molecule has 0 amide bonds. The Kier molecular flexibility index (Phi) is 4.71. The number of ether oxygens (including phenoxy) is 1. The van der Waals surface area contributed by atoms with E-state index in [4.69, 9.17) is 0 Å². The third-order valence-corrected chi connectivity index (χ3v) is 0.829. The zero-order valence-corrected chi connectivity index (χ0v) is 7.23. The second-order valence-corrected chi connectivity index (χ2v) is 2.08. The molecule has 0 N–H and O–H groups in total. The summed E-state index contributed by atoms with van der Waals surface area (Å²) in [6.45, 7) is 0. The normalized spacial score (nSPS) is 10.3. The summed E-state index contributed by atoms with van der Waals surface area (Å²) in [5, 5.41) is 1.23. The Morgan fingerprint density at radius 2 is 1.67 bits per heavy atom. The Bertz CT molecular complexity index is 198. The van der Waals surface area contributed by atoms with Crippen molar-refractivity contribution < 1.29 is 19.2 Å². The zero-order chi connectivity index (χ0) is 9.56. The summed E-state index contributed by atoms with van der Waals surface area (Å²) in [4.78, 5) is 25.7. The van der Waals surface area contributed by atoms with E-state index in [1.165, 1.54) is 12.2 Å². The molecule has 0 aliphatic rings. The van der Waals surface area contributed by atoms with Crippen LogP contribution in [0.2, 0.25) is 0 Å². The van der Waals surface area contributed by atoms with Gasteiger partial charge in [-0.3, -0.25) is 0 Å². The van der Waals surface area contributed by atoms with Crippen LogP contribution in [0.15, 0.2) is 12.2 Å². The molecule has 0 unspecified atom stereocenters. The van der Waals surface area contributed by atoms with Gasteiger partial charge in [-0.1, -0.05) is 0 Å². The molecule has 0 saturated carbocycles. The number of hydroxylamine groups is 2. The van der Waals surface area contributed by atoms with Crippen molar-refractivity contribution in [1.82, 2.24) is 5.06 Å². The van der Waals surface area contributed by atoms with Gasteiger partial charge >= 0.3 is 11.9 Å². The predicted octanol–water partition coefficient (Wildman–Crippen LogP) is -0.265. The van der Waals surface area contributed by atoms with Crippen LogP contribution in [-0.4, -0.2) is 38.2 Å². The Hall–Kier alpha value is -1.36. The van der Waals surface area contributed by atoms with Crippen molar-refractivity contribution in [2.45, 2.75) is 0 Å². The maximum Gasteiger partial charge on any atom is 0.349 e. The fraction of sp³-hybridized carbons (Fsp3) is 0.429. The molecule has 0 saturated heterocycles. The van der Waals surface area contributed by atoms with Gasteiger partial charge in [0.05, 0.1) is 7.11 Å². The number of carbonyl (C=O) groups excluding carboxylic acids is 2. The first kappa shape index (κ1) is 10.6. The maximum atomic E-state index is 10.7. The van der Waals surface area contributed by atoms with Gasteiger partial charge in [-0.05, 0) is 0 Å². The summed E-state index contributed by atoms with van der Waals surface area (Å²) in [6.07, 6.45) is 1.98. The minimum Gasteiger partial charge on any atom is -0.466 e. The topological polar surface area (TPSA) is 55.8 Å². The molecule has 0 aromatic carbocycles. The fourth-order valence-electron chi connectivity index (χ4n) is 0.414. The summed E-state index contributed by atoms with van der Waals surface area (Å²) in [5.41, 5.74) is 0. The van der Waals surface area contributed by atoms with E-state index in [-0.39, 0.29) is 0 Å². The lowest BCUT2D eigenvalue weighted by atomic mass is 10.5. The predicted molar refractivity (Wildman–Crippen MR) is 40.9 cm³/mol. The highest BCUT2D eigenvalue weighted by Gasteiger charge is 1.99. The van der Waals surface area contributed by atoms with Crippen molar-refractivity contribution in [3.8, 4) is 0 Å². The monoisotopic (exact) mass is 173 g/mol. The van der Waals surface area contributed by atoms with E-state index < -0.39 is 11.9 Å². The summed E-state index contributed by atoms with van der Waals surface area (Å²) in [7, 11) is 4.34. The number of esters is 1. The second-order valence-electron chi connectivity index (χ2n) is 2.08. The van der Waals surface area contributed by atoms with E-state index >= 15 is 0 Å². The summed E-state index contributed by atoms with van der Waals surface area (Å²) < 4.78 is 4.26. The Labute approximate surface area is 70.5 Å². The Balaban J connectivity index is 3.83. The molecular weight excluding hydrogens is 162 g/mol. The number of hydrogen-bond acceptors (Lipinski definition) is 5. The summed E-state index contributed by atoms with van der Waals surface area (Å²) >= 11 is 0. The number of nitrogens with zero attached hydrogens (tertiary/aromatic N) is 1. The number of hydrogen-bond donors (Lipinski definition) is 0. The first-order valence-corrected chi connectivity index (χ1v) is 3.21. The smallest absolute Gasteiger partial charge is 0.349 e. The van der Waals surface area contributed by atoms with Crippen LogP contribution in [0, 0.1) is 0 Å². The molecular formula is C7H11NO4. The van der Waals surface area contributed by atoms with Gasteiger partial charge in [-0.25, -0.2) is 9.59 Å². The van der Waals surface area contributed by atoms with Gasteiger partial charge in [0, 0.05) is 26.2 Å². The molecule has 0 heterocycles. The fourth-order valence-corrected chi connectivity index (χ4v) is 0.414. The van der Waals surface area contributed by atoms with Gasteiger partial charge in [0.15, 0.2) is 0 Å². The highest BCUT2D eigenvalue weighted by molar-refractivity contribution is 5.91. The van der Waals surface area contributed by atoms with Crippen molar-refractivity contribution in [3.05, 3.63) is 12.2 Å². The molecule has 0 bridgehead atoms. The summed E-state index contributed by atoms with van der Waals surface area (Å²) in [5.74, 6) is -1.21. The van der Waals surface area contributed by atoms with E-state index in [1.54, 1.807) is 14.1 Å². The molecule has 0 radical (unpaired) electrons. The van der Waals surface area contributed by atoms with Crippen LogP contribution in [0.25, 0.3) is 0 Å². The Morgan fingerprint density at radius 1 is 1.17 bits per heavy atom. The van der Waals surface area contributed by atoms with Gasteiger partial charge in [0.2, 0.25) is 0 Å². The standard InChI is InChI=1S/C7H11NO4/c1-8(2)12-7(10)5-4-6(9)11-3/h4-5H,1-3H3/b5-4-. The molecule has 0 rings (SSSR count). The lowest BCUT2D eigenvalue weighted by Gasteiger charge is -2.06. The quantitative estimate of drug-likeness (QED) is 0.334. The molecule has 68 valence electrons. The van der Waals surface area contributed by atoms with E-state index in [0.29, 0.717) is 0 Å². The third-order valence-electron chi connectivity index (χ3n) is 0.829. The molecule has 0 aliphatic carbocycles. The van der Waals surface area contributed by atoms with Gasteiger partial charge in [-0.2, -0.15) is 0 Å². The van der Waals surface area contributed by atoms with E-state index in [1.807, 2.05) is 0 Å². The van der Waals surface area contributed by atoms with Crippen molar-refractivity contribution in [3.63, 3.8) is 0 Å². The molecule has 0 spiro atoms. The molecule has 0 aromatic rings. The van der Waals surface area contributed by atoms with Crippen LogP contribution in [0.5, 0.6) is 0 Å². The molecule has 0 atom stereocenters. The minimum atomic E-state index is -0.620. The minimum absolute atomic E-state index is 0.592. The number of rotatable bonds is 3. The second kappa shape index (κ2) is 5.31. The van der Waals surface area contributed by atoms with Crippen molar-refractivity contribution in [2.24, 2.45) is 0 Å². The van der Waals surface area contributed by atoms with Crippen molar-refractivity contribution in [1.29, 1.82) is 0 Å². The van der Waals surface area contributed by atoms with E-state index in [2.05, 4.69) is 9.57 Å². The summed E-state index contributed by atoms with van der Waals surface area (Å²) in [6, 6.07) is 0. The van der Waals surface area contributed by atoms with E-state index in [9.17, 15) is 9.59 Å². The molecule has 0 aromatic heterocycles. The highest BCUT2D eigenvalue weighted by atomic mass is 16.7. The molecule has 12 heavy (non-hydrogen) atoms. The van der Waals surface area contributed by atoms with Crippen LogP contribution in [0.3, 0.4) is 0 Å². The molecule has 5 nitrogen and oxygen atoms in total. The average molecular weight is 173 g/mol. The van der Waals surface area contributed by atoms with Crippen LogP contribution in [-0.2, 0) is 19.2 Å². The lowest BCUT2D eigenvalue weighted by Crippen LogP contribution is -2.16. The van der Waals surface area contributed by atoms with Gasteiger partial charge in [0.1, 0.15) is 0 Å². The van der Waals surface area contributed by atoms with Gasteiger partial charge < -0.3 is 9.57 Å². The SMILES string of the molecule is COC(=O)/C=C\C(=O)ON(C)C. The molecule has 0 fully saturated rings. The van der Waals surface area contributed by atoms with Crippen LogP contribution < -0.4 is 0 Å². The number of carbonyl (C=O) groups is 2. The molecule has 5 heteroatoms. The van der Waals surface area contributed by atoms with Gasteiger partial charge in [-0.15, -0.1) is 5.06 Å². The molecule has 0 aliphatic heterocycles. The Morgan fingerprint density at radius 3 is 2.08 bits per heavy atom. The van der Waals surface area contributed by atoms with Crippen LogP contribution >= 0.6 is 0 Å². The van der Waals surface area contributed by atoms with Crippen LogP contribution in [0.1, 0.15) is 0 Å². The van der Waals surface area contributed by atoms with Crippen molar-refractivity contribution >= 4 is 11.9 Å². The highest BCUT2D eigenvalue weighted by Crippen LogP contribution is 1.85. The first-order chi connectivity index (χ1) is 5.56. The maximum absolute atomic E-state index is 10.7. The van der Waals surface area contributed by atoms with E-state index in [0.717, 1.165) is 12.2 Å². The lowest BCUT2D eigenvalue weighted by molar-refractivity contribution is -0.171. The third kappa shape index (κ3) is 5.43. The van der Waals surface area contributed by atoms with Crippen LogP contribution in [0.4, 0.5) is 0 Å². The van der Waals surface area contributed by atoms with Gasteiger partial charge in [0.25, 0.3) is 0 Å². The number of methoxy groups -OCH3 is 1. The largest absolute Gasteiger partial charge is 0.466 e. The zero-order valence-electron chi connectivity index (χ0n) is 7.23. The first-order valence-electron chi connectivity index (χ1n) is 3.21. The average Bonchev–Trinajstić information content (AvgIpc) is 1.99. The van der Waals surface area contributed by atoms with Crippen molar-refractivity contribution in [2.75, 3.05) is 21.2 Å².